The summed E-state index contributed by atoms with van der Waals surface area (Å²) < 4.78 is 0. The van der Waals surface area contributed by atoms with Crippen LogP contribution in [0.1, 0.15) is 22.3 Å². The maximum absolute atomic E-state index is 3.64. The van der Waals surface area contributed by atoms with Gasteiger partial charge in [0.25, 0.3) is 0 Å². The molecule has 0 bridgehead atoms. The molecular formula is C32H24N2. The molecule has 0 aliphatic heterocycles. The summed E-state index contributed by atoms with van der Waals surface area (Å²) in [7, 11) is 1.94. The van der Waals surface area contributed by atoms with Crippen LogP contribution in [0.3, 0.4) is 0 Å². The lowest BCUT2D eigenvalue weighted by molar-refractivity contribution is 0.794. The highest BCUT2D eigenvalue weighted by Gasteiger charge is 2.51. The molecule has 2 nitrogen and oxygen atoms in total. The first kappa shape index (κ1) is 19.2. The largest absolute Gasteiger partial charge is 0.388 e. The fourth-order valence-electron chi connectivity index (χ4n) is 6.06. The van der Waals surface area contributed by atoms with E-state index in [9.17, 15) is 0 Å². The molecule has 0 heterocycles. The molecule has 0 amide bonds. The van der Waals surface area contributed by atoms with E-state index in [1.807, 2.05) is 7.05 Å². The van der Waals surface area contributed by atoms with Crippen molar-refractivity contribution in [2.24, 2.45) is 0 Å². The fraction of sp³-hybridized carbons (Fsp3) is 0.0625. The minimum Gasteiger partial charge on any atom is -0.388 e. The second kappa shape index (κ2) is 7.10. The molecule has 2 aliphatic rings. The number of hydrogen-bond donors (Lipinski definition) is 2. The molecule has 2 aliphatic carbocycles. The molecule has 7 rings (SSSR count). The number of hydrogen-bond acceptors (Lipinski definition) is 2. The molecule has 2 N–H and O–H groups in total. The predicted molar refractivity (Wildman–Crippen MR) is 142 cm³/mol. The highest BCUT2D eigenvalue weighted by atomic mass is 14.9. The average Bonchev–Trinajstić information content (AvgIpc) is 3.36. The quantitative estimate of drug-likeness (QED) is 0.295. The van der Waals surface area contributed by atoms with Gasteiger partial charge in [-0.15, -0.1) is 0 Å². The van der Waals surface area contributed by atoms with Gasteiger partial charge in [-0.2, -0.15) is 0 Å². The highest BCUT2D eigenvalue weighted by Crippen LogP contribution is 2.62. The molecule has 0 saturated heterocycles. The first-order chi connectivity index (χ1) is 16.8. The standard InChI is InChI=1S/C32H24N2/c1-33-21-14-16-22(17-15-21)34-23-18-19-27-26-10-4-7-13-30(26)32(31(27)20-23)28-11-5-2-8-24(28)25-9-3-6-12-29(25)32/h2-20,33-34H,1H3. The Morgan fingerprint density at radius 3 is 1.41 bits per heavy atom. The second-order valence-electron chi connectivity index (χ2n) is 9.10. The molecule has 0 radical (unpaired) electrons. The van der Waals surface area contributed by atoms with Gasteiger partial charge in [0, 0.05) is 24.1 Å². The van der Waals surface area contributed by atoms with E-state index in [2.05, 4.69) is 126 Å². The molecule has 0 saturated carbocycles. The molecule has 34 heavy (non-hydrogen) atoms. The molecule has 0 fully saturated rings. The topological polar surface area (TPSA) is 24.1 Å². The summed E-state index contributed by atoms with van der Waals surface area (Å²) in [4.78, 5) is 0. The molecule has 0 unspecified atom stereocenters. The van der Waals surface area contributed by atoms with E-state index in [1.165, 1.54) is 44.5 Å². The molecule has 5 aromatic rings. The van der Waals surface area contributed by atoms with Crippen LogP contribution in [0.15, 0.2) is 115 Å². The van der Waals surface area contributed by atoms with Crippen molar-refractivity contribution in [3.05, 3.63) is 138 Å². The second-order valence-corrected chi connectivity index (χ2v) is 9.10. The molecule has 162 valence electrons. The first-order valence-corrected chi connectivity index (χ1v) is 11.8. The minimum atomic E-state index is -0.299. The van der Waals surface area contributed by atoms with Crippen LogP contribution in [0.5, 0.6) is 0 Å². The Hall–Kier alpha value is -4.30. The van der Waals surface area contributed by atoms with Gasteiger partial charge in [0.05, 0.1) is 5.41 Å². The summed E-state index contributed by atoms with van der Waals surface area (Å²) in [6.07, 6.45) is 0. The zero-order valence-electron chi connectivity index (χ0n) is 19.0. The van der Waals surface area contributed by atoms with E-state index >= 15 is 0 Å². The molecule has 1 spiro atoms. The van der Waals surface area contributed by atoms with Gasteiger partial charge in [0.15, 0.2) is 0 Å². The van der Waals surface area contributed by atoms with E-state index < -0.39 is 0 Å². The van der Waals surface area contributed by atoms with Crippen molar-refractivity contribution in [1.82, 2.24) is 0 Å². The normalized spacial score (nSPS) is 13.7. The molecule has 2 heteroatoms. The monoisotopic (exact) mass is 436 g/mol. The van der Waals surface area contributed by atoms with Crippen LogP contribution in [0.25, 0.3) is 22.3 Å². The van der Waals surface area contributed by atoms with Crippen molar-refractivity contribution in [3.8, 4) is 22.3 Å². The van der Waals surface area contributed by atoms with Crippen LogP contribution in [0, 0.1) is 0 Å². The van der Waals surface area contributed by atoms with E-state index in [0.717, 1.165) is 17.1 Å². The Kier molecular flexibility index (Phi) is 4.01. The van der Waals surface area contributed by atoms with Crippen molar-refractivity contribution in [2.45, 2.75) is 5.41 Å². The maximum atomic E-state index is 3.64. The van der Waals surface area contributed by atoms with Crippen molar-refractivity contribution in [1.29, 1.82) is 0 Å². The summed E-state index contributed by atoms with van der Waals surface area (Å²) in [6, 6.07) is 42.0. The molecule has 5 aromatic carbocycles. The zero-order chi connectivity index (χ0) is 22.7. The summed E-state index contributed by atoms with van der Waals surface area (Å²) in [6.45, 7) is 0. The van der Waals surface area contributed by atoms with Gasteiger partial charge < -0.3 is 10.6 Å². The number of benzene rings is 5. The molecular weight excluding hydrogens is 412 g/mol. The Labute approximate surface area is 199 Å². The van der Waals surface area contributed by atoms with Crippen LogP contribution in [-0.4, -0.2) is 7.05 Å². The van der Waals surface area contributed by atoms with Crippen LogP contribution in [0.2, 0.25) is 0 Å². The first-order valence-electron chi connectivity index (χ1n) is 11.8. The predicted octanol–water partition coefficient (Wildman–Crippen LogP) is 7.82. The van der Waals surface area contributed by atoms with Gasteiger partial charge in [-0.3, -0.25) is 0 Å². The Morgan fingerprint density at radius 1 is 0.441 bits per heavy atom. The molecule has 0 aromatic heterocycles. The van der Waals surface area contributed by atoms with Gasteiger partial charge in [0.2, 0.25) is 0 Å². The van der Waals surface area contributed by atoms with Crippen LogP contribution in [0.4, 0.5) is 17.1 Å². The van der Waals surface area contributed by atoms with Crippen LogP contribution < -0.4 is 10.6 Å². The lowest BCUT2D eigenvalue weighted by atomic mass is 9.70. The van der Waals surface area contributed by atoms with Crippen molar-refractivity contribution in [2.75, 3.05) is 17.7 Å². The third kappa shape index (κ3) is 2.45. The fourth-order valence-corrected chi connectivity index (χ4v) is 6.06. The number of rotatable bonds is 3. The summed E-state index contributed by atoms with van der Waals surface area (Å²) in [5.41, 5.74) is 13.8. The van der Waals surface area contributed by atoms with Gasteiger partial charge in [-0.1, -0.05) is 78.9 Å². The average molecular weight is 437 g/mol. The minimum absolute atomic E-state index is 0.299. The summed E-state index contributed by atoms with van der Waals surface area (Å²) in [5.74, 6) is 0. The summed E-state index contributed by atoms with van der Waals surface area (Å²) >= 11 is 0. The summed E-state index contributed by atoms with van der Waals surface area (Å²) in [5, 5.41) is 6.82. The Bertz CT molecular complexity index is 1500. The smallest absolute Gasteiger partial charge is 0.0726 e. The number of anilines is 3. The van der Waals surface area contributed by atoms with E-state index in [1.54, 1.807) is 0 Å². The maximum Gasteiger partial charge on any atom is 0.0726 e. The van der Waals surface area contributed by atoms with E-state index in [4.69, 9.17) is 0 Å². The lowest BCUT2D eigenvalue weighted by Gasteiger charge is -2.30. The SMILES string of the molecule is CNc1ccc(Nc2ccc3c(c2)C2(c4ccccc4-c4ccccc42)c2ccccc2-3)cc1. The van der Waals surface area contributed by atoms with Gasteiger partial charge >= 0.3 is 0 Å². The third-order valence-electron chi connectivity index (χ3n) is 7.46. The van der Waals surface area contributed by atoms with Crippen LogP contribution >= 0.6 is 0 Å². The van der Waals surface area contributed by atoms with Crippen molar-refractivity contribution in [3.63, 3.8) is 0 Å². The highest BCUT2D eigenvalue weighted by molar-refractivity contribution is 5.95. The van der Waals surface area contributed by atoms with E-state index in [0.29, 0.717) is 0 Å². The van der Waals surface area contributed by atoms with Crippen LogP contribution in [-0.2, 0) is 5.41 Å². The number of nitrogens with one attached hydrogen (secondary N) is 2. The van der Waals surface area contributed by atoms with Gasteiger partial charge in [-0.05, 0) is 80.9 Å². The van der Waals surface area contributed by atoms with Crippen molar-refractivity contribution < 1.29 is 0 Å². The Balaban J connectivity index is 1.48. The zero-order valence-corrected chi connectivity index (χ0v) is 19.0. The van der Waals surface area contributed by atoms with Gasteiger partial charge in [-0.25, -0.2) is 0 Å². The van der Waals surface area contributed by atoms with Crippen molar-refractivity contribution >= 4 is 17.1 Å². The van der Waals surface area contributed by atoms with E-state index in [-0.39, 0.29) is 5.41 Å². The Morgan fingerprint density at radius 2 is 0.882 bits per heavy atom. The lowest BCUT2D eigenvalue weighted by Crippen LogP contribution is -2.25. The number of fused-ring (bicyclic) bond motifs is 10. The third-order valence-corrected chi connectivity index (χ3v) is 7.46. The van der Waals surface area contributed by atoms with Gasteiger partial charge in [0.1, 0.15) is 0 Å². The molecule has 0 atom stereocenters.